The molecule has 0 aliphatic heterocycles. The summed E-state index contributed by atoms with van der Waals surface area (Å²) in [5.41, 5.74) is 4.84. The van der Waals surface area contributed by atoms with E-state index in [1.165, 1.54) is 0 Å². The van der Waals surface area contributed by atoms with Gasteiger partial charge in [0.15, 0.2) is 6.10 Å². The summed E-state index contributed by atoms with van der Waals surface area (Å²) in [7, 11) is 0. The number of hydrogen-bond donors (Lipinski definition) is 2. The van der Waals surface area contributed by atoms with E-state index in [9.17, 15) is 9.59 Å². The highest BCUT2D eigenvalue weighted by Crippen LogP contribution is 2.18. The molecule has 0 bridgehead atoms. The summed E-state index contributed by atoms with van der Waals surface area (Å²) in [6.07, 6.45) is -0.819. The summed E-state index contributed by atoms with van der Waals surface area (Å²) in [4.78, 5) is 23.9. The second-order valence-corrected chi connectivity index (χ2v) is 5.48. The molecule has 1 unspecified atom stereocenters. The molecular formula is C16H14Cl2N2O3. The van der Waals surface area contributed by atoms with Crippen LogP contribution in [-0.4, -0.2) is 17.9 Å². The molecule has 7 heteroatoms. The van der Waals surface area contributed by atoms with Crippen molar-refractivity contribution < 1.29 is 14.3 Å². The molecule has 0 aliphatic carbocycles. The molecule has 0 radical (unpaired) electrons. The molecule has 0 fully saturated rings. The van der Waals surface area contributed by atoms with Crippen molar-refractivity contribution in [3.63, 3.8) is 0 Å². The standard InChI is InChI=1S/C16H14Cl2N2O3/c1-10(23-12-6-4-5-11(17)9-12)15(21)19-20-16(22)13-7-2-3-8-14(13)18/h2-10H,1H3,(H,19,21)(H,20,22). The molecule has 23 heavy (non-hydrogen) atoms. The second kappa shape index (κ2) is 7.85. The van der Waals surface area contributed by atoms with Gasteiger partial charge in [0.05, 0.1) is 10.6 Å². The molecule has 0 aromatic heterocycles. The number of nitrogens with one attached hydrogen (secondary N) is 2. The lowest BCUT2D eigenvalue weighted by Crippen LogP contribution is -2.47. The molecule has 1 atom stereocenters. The van der Waals surface area contributed by atoms with Gasteiger partial charge in [-0.15, -0.1) is 0 Å². The molecule has 2 aromatic rings. The first-order valence-electron chi connectivity index (χ1n) is 6.74. The van der Waals surface area contributed by atoms with E-state index in [1.54, 1.807) is 55.5 Å². The topological polar surface area (TPSA) is 67.4 Å². The Morgan fingerprint density at radius 2 is 1.78 bits per heavy atom. The molecule has 120 valence electrons. The smallest absolute Gasteiger partial charge is 0.279 e. The van der Waals surface area contributed by atoms with Crippen LogP contribution in [0.25, 0.3) is 0 Å². The highest BCUT2D eigenvalue weighted by Gasteiger charge is 2.16. The van der Waals surface area contributed by atoms with Crippen LogP contribution in [-0.2, 0) is 4.79 Å². The lowest BCUT2D eigenvalue weighted by molar-refractivity contribution is -0.128. The van der Waals surface area contributed by atoms with E-state index in [0.29, 0.717) is 15.8 Å². The number of rotatable bonds is 4. The normalized spacial score (nSPS) is 11.4. The number of amides is 2. The summed E-state index contributed by atoms with van der Waals surface area (Å²) < 4.78 is 5.44. The van der Waals surface area contributed by atoms with Crippen molar-refractivity contribution in [1.29, 1.82) is 0 Å². The Balaban J connectivity index is 1.89. The van der Waals surface area contributed by atoms with Crippen LogP contribution in [0.1, 0.15) is 17.3 Å². The second-order valence-electron chi connectivity index (χ2n) is 4.64. The molecular weight excluding hydrogens is 339 g/mol. The molecule has 2 amide bonds. The summed E-state index contributed by atoms with van der Waals surface area (Å²) >= 11 is 11.8. The van der Waals surface area contributed by atoms with Gasteiger partial charge in [-0.2, -0.15) is 0 Å². The maximum absolute atomic E-state index is 11.9. The van der Waals surface area contributed by atoms with E-state index >= 15 is 0 Å². The number of ether oxygens (including phenoxy) is 1. The fraction of sp³-hybridized carbons (Fsp3) is 0.125. The van der Waals surface area contributed by atoms with Crippen LogP contribution in [0.15, 0.2) is 48.5 Å². The number of benzene rings is 2. The van der Waals surface area contributed by atoms with Gasteiger partial charge in [-0.25, -0.2) is 0 Å². The largest absolute Gasteiger partial charge is 0.481 e. The van der Waals surface area contributed by atoms with E-state index in [4.69, 9.17) is 27.9 Å². The first-order valence-corrected chi connectivity index (χ1v) is 7.50. The molecule has 0 aliphatic rings. The van der Waals surface area contributed by atoms with Crippen LogP contribution >= 0.6 is 23.2 Å². The molecule has 0 spiro atoms. The minimum Gasteiger partial charge on any atom is -0.481 e. The van der Waals surface area contributed by atoms with E-state index in [0.717, 1.165) is 0 Å². The van der Waals surface area contributed by atoms with E-state index in [1.807, 2.05) is 0 Å². The molecule has 2 aromatic carbocycles. The zero-order valence-electron chi connectivity index (χ0n) is 12.2. The zero-order chi connectivity index (χ0) is 16.8. The number of halogens is 2. The van der Waals surface area contributed by atoms with Gasteiger partial charge in [0, 0.05) is 5.02 Å². The number of carbonyl (C=O) groups excluding carboxylic acids is 2. The average molecular weight is 353 g/mol. The van der Waals surface area contributed by atoms with Crippen molar-refractivity contribution in [2.75, 3.05) is 0 Å². The predicted octanol–water partition coefficient (Wildman–Crippen LogP) is 3.22. The highest BCUT2D eigenvalue weighted by atomic mass is 35.5. The molecule has 5 nitrogen and oxygen atoms in total. The molecule has 0 saturated carbocycles. The summed E-state index contributed by atoms with van der Waals surface area (Å²) in [6, 6.07) is 13.2. The van der Waals surface area contributed by atoms with Crippen molar-refractivity contribution in [1.82, 2.24) is 10.9 Å². The fourth-order valence-electron chi connectivity index (χ4n) is 1.73. The Morgan fingerprint density at radius 3 is 2.48 bits per heavy atom. The minimum absolute atomic E-state index is 0.262. The minimum atomic E-state index is -0.819. The van der Waals surface area contributed by atoms with Gasteiger partial charge in [0.1, 0.15) is 5.75 Å². The lowest BCUT2D eigenvalue weighted by Gasteiger charge is -2.15. The quantitative estimate of drug-likeness (QED) is 0.830. The molecule has 2 rings (SSSR count). The predicted molar refractivity (Wildman–Crippen MR) is 88.6 cm³/mol. The monoisotopic (exact) mass is 352 g/mol. The Kier molecular flexibility index (Phi) is 5.84. The van der Waals surface area contributed by atoms with Gasteiger partial charge in [0.2, 0.25) is 0 Å². The van der Waals surface area contributed by atoms with Crippen molar-refractivity contribution in [2.45, 2.75) is 13.0 Å². The van der Waals surface area contributed by atoms with Crippen molar-refractivity contribution in [3.8, 4) is 5.75 Å². The van der Waals surface area contributed by atoms with Gasteiger partial charge >= 0.3 is 0 Å². The molecule has 0 saturated heterocycles. The van der Waals surface area contributed by atoms with Crippen LogP contribution in [0.2, 0.25) is 10.0 Å². The third-order valence-electron chi connectivity index (χ3n) is 2.90. The third kappa shape index (κ3) is 4.87. The van der Waals surface area contributed by atoms with Crippen LogP contribution in [0.4, 0.5) is 0 Å². The number of carbonyl (C=O) groups is 2. The first kappa shape index (κ1) is 17.1. The summed E-state index contributed by atoms with van der Waals surface area (Å²) in [6.45, 7) is 1.55. The molecule has 2 N–H and O–H groups in total. The van der Waals surface area contributed by atoms with Crippen LogP contribution < -0.4 is 15.6 Å². The van der Waals surface area contributed by atoms with Gasteiger partial charge in [0.25, 0.3) is 11.8 Å². The third-order valence-corrected chi connectivity index (χ3v) is 3.46. The first-order chi connectivity index (χ1) is 11.0. The Labute approximate surface area is 143 Å². The molecule has 0 heterocycles. The van der Waals surface area contributed by atoms with Crippen molar-refractivity contribution in [2.24, 2.45) is 0 Å². The van der Waals surface area contributed by atoms with Crippen LogP contribution in [0.5, 0.6) is 5.75 Å². The van der Waals surface area contributed by atoms with Gasteiger partial charge in [-0.05, 0) is 37.3 Å². The van der Waals surface area contributed by atoms with Crippen molar-refractivity contribution >= 4 is 35.0 Å². The Hall–Kier alpha value is -2.24. The van der Waals surface area contributed by atoms with Gasteiger partial charge in [-0.1, -0.05) is 41.4 Å². The van der Waals surface area contributed by atoms with Crippen molar-refractivity contribution in [3.05, 3.63) is 64.1 Å². The maximum Gasteiger partial charge on any atom is 0.279 e. The van der Waals surface area contributed by atoms with Crippen LogP contribution in [0, 0.1) is 0 Å². The van der Waals surface area contributed by atoms with Crippen LogP contribution in [0.3, 0.4) is 0 Å². The van der Waals surface area contributed by atoms with E-state index in [2.05, 4.69) is 10.9 Å². The summed E-state index contributed by atoms with van der Waals surface area (Å²) in [5.74, 6) is -0.568. The average Bonchev–Trinajstić information content (AvgIpc) is 2.52. The Bertz CT molecular complexity index is 722. The highest BCUT2D eigenvalue weighted by molar-refractivity contribution is 6.33. The van der Waals surface area contributed by atoms with Gasteiger partial charge < -0.3 is 4.74 Å². The Morgan fingerprint density at radius 1 is 1.04 bits per heavy atom. The van der Waals surface area contributed by atoms with E-state index in [-0.39, 0.29) is 5.56 Å². The lowest BCUT2D eigenvalue weighted by atomic mass is 10.2. The SMILES string of the molecule is CC(Oc1cccc(Cl)c1)C(=O)NNC(=O)c1ccccc1Cl. The number of hydrogen-bond acceptors (Lipinski definition) is 3. The van der Waals surface area contributed by atoms with E-state index < -0.39 is 17.9 Å². The summed E-state index contributed by atoms with van der Waals surface area (Å²) in [5, 5.41) is 0.796. The number of hydrazine groups is 1. The zero-order valence-corrected chi connectivity index (χ0v) is 13.7. The fourth-order valence-corrected chi connectivity index (χ4v) is 2.13. The van der Waals surface area contributed by atoms with Gasteiger partial charge in [-0.3, -0.25) is 20.4 Å². The maximum atomic E-state index is 11.9.